The van der Waals surface area contributed by atoms with Crippen LogP contribution in [0.15, 0.2) is 12.1 Å². The van der Waals surface area contributed by atoms with Crippen LogP contribution >= 0.6 is 11.6 Å². The summed E-state index contributed by atoms with van der Waals surface area (Å²) in [4.78, 5) is 23.6. The Bertz CT molecular complexity index is 564. The monoisotopic (exact) mass is 356 g/mol. The predicted octanol–water partition coefficient (Wildman–Crippen LogP) is 2.78. The van der Waals surface area contributed by atoms with Crippen LogP contribution in [0.5, 0.6) is 11.5 Å². The Morgan fingerprint density at radius 3 is 2.50 bits per heavy atom. The highest BCUT2D eigenvalue weighted by atomic mass is 35.5. The lowest BCUT2D eigenvalue weighted by atomic mass is 10.2. The standard InChI is InChI=1S/C17H25ClN2O4/c1-4-7-8-24-16-13(18)9-12(10-14(16)23-6-3)17(22)20-11-15(21)19-5-2/h9-10H,4-8,11H2,1-3H3,(H,19,21)(H,20,22). The van der Waals surface area contributed by atoms with E-state index >= 15 is 0 Å². The Balaban J connectivity index is 2.88. The molecule has 0 aliphatic rings. The molecule has 24 heavy (non-hydrogen) atoms. The molecular weight excluding hydrogens is 332 g/mol. The molecule has 0 atom stereocenters. The summed E-state index contributed by atoms with van der Waals surface area (Å²) in [6, 6.07) is 3.09. The molecule has 0 saturated carbocycles. The van der Waals surface area contributed by atoms with E-state index in [0.717, 1.165) is 12.8 Å². The summed E-state index contributed by atoms with van der Waals surface area (Å²) in [5.74, 6) is 0.210. The van der Waals surface area contributed by atoms with Crippen LogP contribution in [0, 0.1) is 0 Å². The second-order valence-corrected chi connectivity index (χ2v) is 5.46. The van der Waals surface area contributed by atoms with Crippen LogP contribution in [0.2, 0.25) is 5.02 Å². The van der Waals surface area contributed by atoms with Crippen LogP contribution in [0.3, 0.4) is 0 Å². The Morgan fingerprint density at radius 1 is 1.12 bits per heavy atom. The fourth-order valence-corrected chi connectivity index (χ4v) is 2.21. The fraction of sp³-hybridized carbons (Fsp3) is 0.529. The Labute approximate surface area is 147 Å². The number of benzene rings is 1. The maximum Gasteiger partial charge on any atom is 0.251 e. The third-order valence-electron chi connectivity index (χ3n) is 3.10. The molecule has 0 aromatic heterocycles. The topological polar surface area (TPSA) is 76.7 Å². The summed E-state index contributed by atoms with van der Waals surface area (Å²) >= 11 is 6.24. The van der Waals surface area contributed by atoms with Gasteiger partial charge in [0.15, 0.2) is 11.5 Å². The second kappa shape index (κ2) is 10.8. The van der Waals surface area contributed by atoms with Gasteiger partial charge in [-0.15, -0.1) is 0 Å². The number of carbonyl (C=O) groups excluding carboxylic acids is 2. The van der Waals surface area contributed by atoms with Crippen molar-refractivity contribution in [2.75, 3.05) is 26.3 Å². The summed E-state index contributed by atoms with van der Waals surface area (Å²) in [6.07, 6.45) is 1.90. The van der Waals surface area contributed by atoms with Gasteiger partial charge in [-0.05, 0) is 32.4 Å². The molecule has 1 aromatic carbocycles. The number of amides is 2. The molecule has 0 bridgehead atoms. The highest BCUT2D eigenvalue weighted by molar-refractivity contribution is 6.32. The Hall–Kier alpha value is -1.95. The minimum atomic E-state index is -0.399. The van der Waals surface area contributed by atoms with E-state index in [1.54, 1.807) is 6.07 Å². The van der Waals surface area contributed by atoms with Gasteiger partial charge >= 0.3 is 0 Å². The predicted molar refractivity (Wildman–Crippen MR) is 94.0 cm³/mol. The molecule has 6 nitrogen and oxygen atoms in total. The lowest BCUT2D eigenvalue weighted by Crippen LogP contribution is -2.36. The van der Waals surface area contributed by atoms with E-state index in [9.17, 15) is 9.59 Å². The molecule has 2 N–H and O–H groups in total. The number of ether oxygens (including phenoxy) is 2. The molecule has 7 heteroatoms. The number of nitrogens with one attached hydrogen (secondary N) is 2. The molecule has 0 heterocycles. The Kier molecular flexibility index (Phi) is 9.01. The zero-order chi connectivity index (χ0) is 17.9. The van der Waals surface area contributed by atoms with Gasteiger partial charge in [-0.2, -0.15) is 0 Å². The van der Waals surface area contributed by atoms with Gasteiger partial charge in [0.1, 0.15) is 0 Å². The van der Waals surface area contributed by atoms with Crippen molar-refractivity contribution in [3.8, 4) is 11.5 Å². The molecule has 0 spiro atoms. The van der Waals surface area contributed by atoms with Gasteiger partial charge in [0.2, 0.25) is 5.91 Å². The summed E-state index contributed by atoms with van der Waals surface area (Å²) in [5.41, 5.74) is 0.315. The van der Waals surface area contributed by atoms with Gasteiger partial charge in [-0.25, -0.2) is 0 Å². The van der Waals surface area contributed by atoms with Gasteiger partial charge in [-0.1, -0.05) is 24.9 Å². The molecule has 0 saturated heterocycles. The van der Waals surface area contributed by atoms with Crippen molar-refractivity contribution < 1.29 is 19.1 Å². The highest BCUT2D eigenvalue weighted by Gasteiger charge is 2.16. The van der Waals surface area contributed by atoms with E-state index in [1.807, 2.05) is 13.8 Å². The molecule has 0 unspecified atom stereocenters. The fourth-order valence-electron chi connectivity index (χ4n) is 1.94. The summed E-state index contributed by atoms with van der Waals surface area (Å²) < 4.78 is 11.2. The number of hydrogen-bond acceptors (Lipinski definition) is 4. The van der Waals surface area contributed by atoms with Crippen LogP contribution in [0.25, 0.3) is 0 Å². The van der Waals surface area contributed by atoms with E-state index in [1.165, 1.54) is 6.07 Å². The Morgan fingerprint density at radius 2 is 1.88 bits per heavy atom. The van der Waals surface area contributed by atoms with E-state index in [2.05, 4.69) is 17.6 Å². The number of rotatable bonds is 10. The number of carbonyl (C=O) groups is 2. The number of likely N-dealkylation sites (N-methyl/N-ethyl adjacent to an activating group) is 1. The summed E-state index contributed by atoms with van der Waals surface area (Å²) in [5, 5.41) is 5.46. The zero-order valence-electron chi connectivity index (χ0n) is 14.4. The number of unbranched alkanes of at least 4 members (excludes halogenated alkanes) is 1. The van der Waals surface area contributed by atoms with E-state index in [0.29, 0.717) is 41.8 Å². The lowest BCUT2D eigenvalue weighted by Gasteiger charge is -2.15. The molecule has 0 aliphatic carbocycles. The summed E-state index contributed by atoms with van der Waals surface area (Å²) in [7, 11) is 0. The molecule has 0 aliphatic heterocycles. The maximum atomic E-state index is 12.2. The van der Waals surface area contributed by atoms with Gasteiger partial charge in [0, 0.05) is 12.1 Å². The first-order valence-corrected chi connectivity index (χ1v) is 8.55. The molecule has 134 valence electrons. The maximum absolute atomic E-state index is 12.2. The van der Waals surface area contributed by atoms with Crippen molar-refractivity contribution in [3.63, 3.8) is 0 Å². The van der Waals surface area contributed by atoms with Crippen molar-refractivity contribution in [2.45, 2.75) is 33.6 Å². The average Bonchev–Trinajstić information content (AvgIpc) is 2.55. The van der Waals surface area contributed by atoms with Crippen LogP contribution in [-0.4, -0.2) is 38.1 Å². The second-order valence-electron chi connectivity index (χ2n) is 5.06. The van der Waals surface area contributed by atoms with Crippen molar-refractivity contribution in [3.05, 3.63) is 22.7 Å². The lowest BCUT2D eigenvalue weighted by molar-refractivity contribution is -0.120. The molecule has 1 aromatic rings. The number of hydrogen-bond donors (Lipinski definition) is 2. The van der Waals surface area contributed by atoms with E-state index in [-0.39, 0.29) is 12.5 Å². The summed E-state index contributed by atoms with van der Waals surface area (Å²) in [6.45, 7) is 7.08. The van der Waals surface area contributed by atoms with Crippen LogP contribution in [-0.2, 0) is 4.79 Å². The quantitative estimate of drug-likeness (QED) is 0.632. The first-order chi connectivity index (χ1) is 11.5. The smallest absolute Gasteiger partial charge is 0.251 e. The molecule has 2 amide bonds. The molecule has 0 fully saturated rings. The molecule has 1 rings (SSSR count). The molecule has 0 radical (unpaired) electrons. The first kappa shape index (κ1) is 20.1. The van der Waals surface area contributed by atoms with E-state index < -0.39 is 5.91 Å². The largest absolute Gasteiger partial charge is 0.490 e. The van der Waals surface area contributed by atoms with Crippen molar-refractivity contribution >= 4 is 23.4 Å². The van der Waals surface area contributed by atoms with E-state index in [4.69, 9.17) is 21.1 Å². The zero-order valence-corrected chi connectivity index (χ0v) is 15.2. The SMILES string of the molecule is CCCCOc1c(Cl)cc(C(=O)NCC(=O)NCC)cc1OCC. The normalized spacial score (nSPS) is 10.2. The molecular formula is C17H25ClN2O4. The van der Waals surface area contributed by atoms with Gasteiger partial charge < -0.3 is 20.1 Å². The average molecular weight is 357 g/mol. The van der Waals surface area contributed by atoms with Crippen molar-refractivity contribution in [1.82, 2.24) is 10.6 Å². The third-order valence-corrected chi connectivity index (χ3v) is 3.38. The van der Waals surface area contributed by atoms with Crippen LogP contribution < -0.4 is 20.1 Å². The van der Waals surface area contributed by atoms with Gasteiger partial charge in [-0.3, -0.25) is 9.59 Å². The van der Waals surface area contributed by atoms with Crippen LogP contribution in [0.4, 0.5) is 0 Å². The first-order valence-electron chi connectivity index (χ1n) is 8.17. The minimum Gasteiger partial charge on any atom is -0.490 e. The van der Waals surface area contributed by atoms with Crippen molar-refractivity contribution in [1.29, 1.82) is 0 Å². The minimum absolute atomic E-state index is 0.0942. The number of halogens is 1. The van der Waals surface area contributed by atoms with Crippen LogP contribution in [0.1, 0.15) is 44.0 Å². The van der Waals surface area contributed by atoms with Crippen molar-refractivity contribution in [2.24, 2.45) is 0 Å². The van der Waals surface area contributed by atoms with Gasteiger partial charge in [0.25, 0.3) is 5.91 Å². The third kappa shape index (κ3) is 6.28. The highest BCUT2D eigenvalue weighted by Crippen LogP contribution is 2.36. The van der Waals surface area contributed by atoms with Gasteiger partial charge in [0.05, 0.1) is 24.8 Å².